The predicted molar refractivity (Wildman–Crippen MR) is 98.8 cm³/mol. The van der Waals surface area contributed by atoms with Crippen LogP contribution in [0.2, 0.25) is 0 Å². The highest BCUT2D eigenvalue weighted by Gasteiger charge is 2.61. The number of halogens is 5. The number of ether oxygens (including phenoxy) is 1. The second kappa shape index (κ2) is 7.47. The number of nitrogens with one attached hydrogen (secondary N) is 1. The lowest BCUT2D eigenvalue weighted by Crippen LogP contribution is -2.57. The molecule has 2 aromatic rings. The van der Waals surface area contributed by atoms with Crippen molar-refractivity contribution < 1.29 is 40.8 Å². The minimum atomic E-state index is -4.79. The van der Waals surface area contributed by atoms with E-state index in [-0.39, 0.29) is 30.1 Å². The summed E-state index contributed by atoms with van der Waals surface area (Å²) >= 11 is 0. The van der Waals surface area contributed by atoms with Crippen LogP contribution < -0.4 is 5.32 Å². The first-order valence-electron chi connectivity index (χ1n) is 10.2. The smallest absolute Gasteiger partial charge is 0.379 e. The third kappa shape index (κ3) is 3.94. The van der Waals surface area contributed by atoms with Crippen LogP contribution in [0, 0.1) is 5.92 Å². The average molecular weight is 472 g/mol. The molecule has 3 aliphatic rings. The van der Waals surface area contributed by atoms with Gasteiger partial charge in [-0.15, -0.1) is 0 Å². The van der Waals surface area contributed by atoms with Gasteiger partial charge in [0.15, 0.2) is 0 Å². The van der Waals surface area contributed by atoms with E-state index in [9.17, 15) is 31.5 Å². The fourth-order valence-corrected chi connectivity index (χ4v) is 4.20. The van der Waals surface area contributed by atoms with Crippen molar-refractivity contribution in [3.63, 3.8) is 0 Å². The van der Waals surface area contributed by atoms with Crippen molar-refractivity contribution in [1.82, 2.24) is 20.4 Å². The van der Waals surface area contributed by atoms with Gasteiger partial charge in [0.25, 0.3) is 11.8 Å². The van der Waals surface area contributed by atoms with E-state index in [0.29, 0.717) is 18.6 Å². The zero-order valence-corrected chi connectivity index (χ0v) is 16.9. The number of hydrogen-bond donors (Lipinski definition) is 1. The standard InChI is InChI=1S/C20H17F5N4O4/c21-19(22)6-12(19)16(30)26-13-8-32-4-3-14(13)29-7-10-2-1-9(5-11(10)17(29)31)15-27-18(33-28-15)20(23,24)25/h1-2,5,12-14H,3-4,6-8H2,(H,26,30)/t12-,13+,14+/m1/s1. The van der Waals surface area contributed by atoms with Crippen molar-refractivity contribution in [2.45, 2.75) is 43.6 Å². The molecule has 33 heavy (non-hydrogen) atoms. The molecule has 2 fully saturated rings. The average Bonchev–Trinajstić information content (AvgIpc) is 3.09. The summed E-state index contributed by atoms with van der Waals surface area (Å²) in [7, 11) is 0. The molecule has 2 aliphatic heterocycles. The molecule has 2 amide bonds. The molecule has 1 aromatic carbocycles. The summed E-state index contributed by atoms with van der Waals surface area (Å²) in [6, 6.07) is 3.32. The number of nitrogens with zero attached hydrogens (tertiary/aromatic N) is 3. The second-order valence-corrected chi connectivity index (χ2v) is 8.29. The molecule has 0 spiro atoms. The van der Waals surface area contributed by atoms with E-state index in [1.54, 1.807) is 6.07 Å². The Morgan fingerprint density at radius 2 is 2.03 bits per heavy atom. The van der Waals surface area contributed by atoms with Crippen molar-refractivity contribution >= 4 is 11.8 Å². The minimum Gasteiger partial charge on any atom is -0.379 e. The number of aromatic nitrogens is 2. The molecular weight excluding hydrogens is 455 g/mol. The lowest BCUT2D eigenvalue weighted by Gasteiger charge is -2.38. The number of rotatable bonds is 4. The molecule has 1 saturated carbocycles. The lowest BCUT2D eigenvalue weighted by molar-refractivity contribution is -0.159. The highest BCUT2D eigenvalue weighted by molar-refractivity contribution is 5.99. The van der Waals surface area contributed by atoms with E-state index in [1.807, 2.05) is 0 Å². The van der Waals surface area contributed by atoms with Gasteiger partial charge in [-0.1, -0.05) is 17.3 Å². The lowest BCUT2D eigenvalue weighted by atomic mass is 10.0. The SMILES string of the molecule is O=C(N[C@H]1COCC[C@@H]1N1Cc2ccc(-c3noc(C(F)(F)F)n3)cc2C1=O)[C@H]1CC1(F)F. The maximum absolute atomic E-state index is 13.2. The number of benzene rings is 1. The monoisotopic (exact) mass is 472 g/mol. The van der Waals surface area contributed by atoms with E-state index in [2.05, 4.69) is 20.0 Å². The second-order valence-electron chi connectivity index (χ2n) is 8.29. The quantitative estimate of drug-likeness (QED) is 0.688. The summed E-state index contributed by atoms with van der Waals surface area (Å²) in [6.07, 6.45) is -4.90. The zero-order valence-electron chi connectivity index (χ0n) is 16.9. The molecular formula is C20H17F5N4O4. The number of carbonyl (C=O) groups excluding carboxylic acids is 2. The van der Waals surface area contributed by atoms with Gasteiger partial charge >= 0.3 is 12.1 Å². The summed E-state index contributed by atoms with van der Waals surface area (Å²) in [5.74, 6) is -7.35. The molecule has 0 bridgehead atoms. The number of fused-ring (bicyclic) bond motifs is 1. The van der Waals surface area contributed by atoms with Gasteiger partial charge in [-0.05, 0) is 18.1 Å². The summed E-state index contributed by atoms with van der Waals surface area (Å²) < 4.78 is 74.4. The topological polar surface area (TPSA) is 97.6 Å². The van der Waals surface area contributed by atoms with Gasteiger partial charge in [0, 0.05) is 30.7 Å². The Kier molecular flexibility index (Phi) is 4.92. The first-order chi connectivity index (χ1) is 15.5. The van der Waals surface area contributed by atoms with E-state index in [4.69, 9.17) is 4.74 Å². The third-order valence-electron chi connectivity index (χ3n) is 6.06. The fraction of sp³-hybridized carbons (Fsp3) is 0.500. The van der Waals surface area contributed by atoms with Crippen molar-refractivity contribution in [2.75, 3.05) is 13.2 Å². The Morgan fingerprint density at radius 3 is 2.70 bits per heavy atom. The van der Waals surface area contributed by atoms with Crippen molar-refractivity contribution in [3.05, 3.63) is 35.2 Å². The number of carbonyl (C=O) groups is 2. The van der Waals surface area contributed by atoms with Gasteiger partial charge in [0.2, 0.25) is 11.7 Å². The molecule has 8 nitrogen and oxygen atoms in total. The van der Waals surface area contributed by atoms with Crippen molar-refractivity contribution in [1.29, 1.82) is 0 Å². The normalized spacial score (nSPS) is 26.3. The van der Waals surface area contributed by atoms with Crippen molar-refractivity contribution in [3.8, 4) is 11.4 Å². The largest absolute Gasteiger partial charge is 0.471 e. The van der Waals surface area contributed by atoms with Crippen LogP contribution in [0.1, 0.15) is 34.7 Å². The molecule has 5 rings (SSSR count). The Hall–Kier alpha value is -3.09. The Bertz CT molecular complexity index is 1120. The van der Waals surface area contributed by atoms with E-state index in [0.717, 1.165) is 0 Å². The minimum absolute atomic E-state index is 0.0726. The first-order valence-corrected chi connectivity index (χ1v) is 10.2. The Balaban J connectivity index is 1.34. The van der Waals surface area contributed by atoms with E-state index < -0.39 is 54.2 Å². The molecule has 1 aromatic heterocycles. The molecule has 0 radical (unpaired) electrons. The number of amides is 2. The fourth-order valence-electron chi connectivity index (χ4n) is 4.20. The van der Waals surface area contributed by atoms with Crippen LogP contribution in [0.4, 0.5) is 22.0 Å². The Morgan fingerprint density at radius 1 is 1.27 bits per heavy atom. The van der Waals surface area contributed by atoms with Crippen LogP contribution in [0.25, 0.3) is 11.4 Å². The van der Waals surface area contributed by atoms with Gasteiger partial charge in [-0.2, -0.15) is 18.2 Å². The predicted octanol–water partition coefficient (Wildman–Crippen LogP) is 2.64. The van der Waals surface area contributed by atoms with Gasteiger partial charge in [0.1, 0.15) is 5.92 Å². The van der Waals surface area contributed by atoms with E-state index >= 15 is 0 Å². The number of alkyl halides is 5. The highest BCUT2D eigenvalue weighted by Crippen LogP contribution is 2.48. The van der Waals surface area contributed by atoms with Gasteiger partial charge in [0.05, 0.1) is 18.7 Å². The van der Waals surface area contributed by atoms with E-state index in [1.165, 1.54) is 17.0 Å². The highest BCUT2D eigenvalue weighted by atomic mass is 19.4. The molecule has 13 heteroatoms. The zero-order chi connectivity index (χ0) is 23.5. The summed E-state index contributed by atoms with van der Waals surface area (Å²) in [5.41, 5.74) is 1.07. The Labute approximate surface area is 183 Å². The summed E-state index contributed by atoms with van der Waals surface area (Å²) in [4.78, 5) is 30.2. The van der Waals surface area contributed by atoms with Gasteiger partial charge < -0.3 is 19.5 Å². The van der Waals surface area contributed by atoms with Crippen LogP contribution in [0.5, 0.6) is 0 Å². The third-order valence-corrected chi connectivity index (χ3v) is 6.06. The van der Waals surface area contributed by atoms with Crippen molar-refractivity contribution in [2.24, 2.45) is 5.92 Å². The van der Waals surface area contributed by atoms with Crippen LogP contribution in [-0.4, -0.2) is 58.1 Å². The molecule has 1 aliphatic carbocycles. The maximum Gasteiger partial charge on any atom is 0.471 e. The van der Waals surface area contributed by atoms with Crippen LogP contribution in [0.3, 0.4) is 0 Å². The summed E-state index contributed by atoms with van der Waals surface area (Å²) in [6.45, 7) is 0.597. The van der Waals surface area contributed by atoms with Crippen LogP contribution >= 0.6 is 0 Å². The number of hydrogen-bond acceptors (Lipinski definition) is 6. The summed E-state index contributed by atoms with van der Waals surface area (Å²) in [5, 5.41) is 5.92. The molecule has 1 saturated heterocycles. The van der Waals surface area contributed by atoms with Crippen LogP contribution in [-0.2, 0) is 22.3 Å². The molecule has 176 valence electrons. The van der Waals surface area contributed by atoms with Gasteiger partial charge in [-0.25, -0.2) is 8.78 Å². The maximum atomic E-state index is 13.2. The molecule has 1 N–H and O–H groups in total. The molecule has 3 atom stereocenters. The van der Waals surface area contributed by atoms with Gasteiger partial charge in [-0.3, -0.25) is 9.59 Å². The molecule has 3 heterocycles. The van der Waals surface area contributed by atoms with Crippen LogP contribution in [0.15, 0.2) is 22.7 Å². The molecule has 0 unspecified atom stereocenters. The first kappa shape index (κ1) is 21.7.